The van der Waals surface area contributed by atoms with Gasteiger partial charge in [0.05, 0.1) is 11.3 Å². The molecule has 0 spiro atoms. The molecule has 1 aromatic rings. The maximum Gasteiger partial charge on any atom is 0.0640 e. The fourth-order valence-corrected chi connectivity index (χ4v) is 2.27. The van der Waals surface area contributed by atoms with E-state index in [0.717, 1.165) is 31.5 Å². The summed E-state index contributed by atoms with van der Waals surface area (Å²) in [5, 5.41) is 8.27. The molecular weight excluding hydrogens is 250 g/mol. The number of nitrogens with one attached hydrogen (secondary N) is 1. The molecule has 116 valence electrons. The van der Waals surface area contributed by atoms with Gasteiger partial charge in [-0.15, -0.1) is 0 Å². The van der Waals surface area contributed by atoms with Crippen LogP contribution in [0.5, 0.6) is 0 Å². The van der Waals surface area contributed by atoms with E-state index in [2.05, 4.69) is 57.3 Å². The van der Waals surface area contributed by atoms with Gasteiger partial charge in [-0.1, -0.05) is 6.92 Å². The zero-order valence-electron chi connectivity index (χ0n) is 13.9. The molecule has 0 fully saturated rings. The third-order valence-electron chi connectivity index (χ3n) is 3.62. The van der Waals surface area contributed by atoms with Crippen molar-refractivity contribution in [3.05, 3.63) is 18.0 Å². The van der Waals surface area contributed by atoms with Gasteiger partial charge in [-0.05, 0) is 53.1 Å². The van der Waals surface area contributed by atoms with Crippen molar-refractivity contribution >= 4 is 0 Å². The molecule has 0 saturated carbocycles. The van der Waals surface area contributed by atoms with Gasteiger partial charge in [0.1, 0.15) is 0 Å². The van der Waals surface area contributed by atoms with Gasteiger partial charge in [-0.3, -0.25) is 4.68 Å². The van der Waals surface area contributed by atoms with Gasteiger partial charge in [0, 0.05) is 31.8 Å². The Morgan fingerprint density at radius 1 is 1.40 bits per heavy atom. The van der Waals surface area contributed by atoms with Crippen molar-refractivity contribution in [2.24, 2.45) is 0 Å². The summed E-state index contributed by atoms with van der Waals surface area (Å²) in [6.07, 6.45) is 5.15. The molecule has 0 aromatic carbocycles. The first-order chi connectivity index (χ1) is 9.38. The van der Waals surface area contributed by atoms with E-state index in [1.54, 1.807) is 7.11 Å². The maximum absolute atomic E-state index is 5.56. The van der Waals surface area contributed by atoms with Gasteiger partial charge in [0.25, 0.3) is 0 Å². The van der Waals surface area contributed by atoms with Crippen LogP contribution in [0.2, 0.25) is 0 Å². The van der Waals surface area contributed by atoms with Crippen LogP contribution in [-0.2, 0) is 11.2 Å². The minimum Gasteiger partial charge on any atom is -0.379 e. The minimum atomic E-state index is -0.105. The van der Waals surface area contributed by atoms with Gasteiger partial charge >= 0.3 is 0 Å². The molecular formula is C16H31N3O. The molecule has 0 aliphatic rings. The molecule has 0 radical (unpaired) electrons. The average molecular weight is 281 g/mol. The molecule has 1 aromatic heterocycles. The highest BCUT2D eigenvalue weighted by Gasteiger charge is 2.23. The molecule has 0 aliphatic carbocycles. The molecule has 20 heavy (non-hydrogen) atoms. The lowest BCUT2D eigenvalue weighted by Crippen LogP contribution is -2.39. The normalized spacial score (nSPS) is 13.9. The van der Waals surface area contributed by atoms with Crippen molar-refractivity contribution in [3.8, 4) is 0 Å². The van der Waals surface area contributed by atoms with E-state index in [9.17, 15) is 0 Å². The van der Waals surface area contributed by atoms with E-state index in [0.29, 0.717) is 12.1 Å². The van der Waals surface area contributed by atoms with Crippen LogP contribution >= 0.6 is 0 Å². The summed E-state index contributed by atoms with van der Waals surface area (Å²) < 4.78 is 7.59. The standard InChI is InChI=1S/C16H31N3O/c1-7-9-17-15(12-16(4,5)20-6)11-14-8-10-19(18-14)13(2)3/h8,10,13,15,17H,7,9,11-12H2,1-6H3. The third kappa shape index (κ3) is 5.63. The van der Waals surface area contributed by atoms with Crippen LogP contribution in [0.25, 0.3) is 0 Å². The number of methoxy groups -OCH3 is 1. The first kappa shape index (κ1) is 17.2. The van der Waals surface area contributed by atoms with Crippen molar-refractivity contribution in [2.75, 3.05) is 13.7 Å². The van der Waals surface area contributed by atoms with E-state index in [4.69, 9.17) is 4.74 Å². The number of hydrogen-bond donors (Lipinski definition) is 1. The lowest BCUT2D eigenvalue weighted by atomic mass is 9.95. The van der Waals surface area contributed by atoms with E-state index in [-0.39, 0.29) is 5.60 Å². The Balaban J connectivity index is 2.67. The fourth-order valence-electron chi connectivity index (χ4n) is 2.27. The fraction of sp³-hybridized carbons (Fsp3) is 0.812. The van der Waals surface area contributed by atoms with Crippen LogP contribution in [0.1, 0.15) is 59.2 Å². The summed E-state index contributed by atoms with van der Waals surface area (Å²) in [4.78, 5) is 0. The van der Waals surface area contributed by atoms with Crippen molar-refractivity contribution < 1.29 is 4.74 Å². The number of aromatic nitrogens is 2. The van der Waals surface area contributed by atoms with Crippen LogP contribution in [-0.4, -0.2) is 35.1 Å². The van der Waals surface area contributed by atoms with E-state index >= 15 is 0 Å². The Hall–Kier alpha value is -0.870. The molecule has 0 aliphatic heterocycles. The molecule has 0 saturated heterocycles. The zero-order chi connectivity index (χ0) is 15.2. The SMILES string of the molecule is CCCNC(Cc1ccn(C(C)C)n1)CC(C)(C)OC. The van der Waals surface area contributed by atoms with Gasteiger partial charge in [-0.2, -0.15) is 5.10 Å². The van der Waals surface area contributed by atoms with Crippen LogP contribution in [0, 0.1) is 0 Å². The first-order valence-electron chi connectivity index (χ1n) is 7.70. The lowest BCUT2D eigenvalue weighted by molar-refractivity contribution is 0.00706. The molecule has 1 unspecified atom stereocenters. The predicted molar refractivity (Wildman–Crippen MR) is 84.1 cm³/mol. The molecule has 1 N–H and O–H groups in total. The summed E-state index contributed by atoms with van der Waals surface area (Å²) in [5.41, 5.74) is 1.05. The summed E-state index contributed by atoms with van der Waals surface area (Å²) >= 11 is 0. The highest BCUT2D eigenvalue weighted by Crippen LogP contribution is 2.18. The second-order valence-corrected chi connectivity index (χ2v) is 6.40. The topological polar surface area (TPSA) is 39.1 Å². The molecule has 1 atom stereocenters. The first-order valence-corrected chi connectivity index (χ1v) is 7.70. The Labute approximate surface area is 123 Å². The molecule has 1 rings (SSSR count). The van der Waals surface area contributed by atoms with Gasteiger partial charge in [0.2, 0.25) is 0 Å². The Bertz CT molecular complexity index is 385. The molecule has 0 amide bonds. The van der Waals surface area contributed by atoms with E-state index in [1.165, 1.54) is 0 Å². The number of hydrogen-bond acceptors (Lipinski definition) is 3. The highest BCUT2D eigenvalue weighted by atomic mass is 16.5. The third-order valence-corrected chi connectivity index (χ3v) is 3.62. The van der Waals surface area contributed by atoms with Crippen molar-refractivity contribution in [3.63, 3.8) is 0 Å². The average Bonchev–Trinajstić information content (AvgIpc) is 2.84. The van der Waals surface area contributed by atoms with Crippen molar-refractivity contribution in [1.82, 2.24) is 15.1 Å². The molecule has 4 heteroatoms. The number of rotatable bonds is 9. The number of nitrogens with zero attached hydrogens (tertiary/aromatic N) is 2. The van der Waals surface area contributed by atoms with Crippen molar-refractivity contribution in [2.45, 2.75) is 71.6 Å². The quantitative estimate of drug-likeness (QED) is 0.755. The van der Waals surface area contributed by atoms with Crippen LogP contribution < -0.4 is 5.32 Å². The van der Waals surface area contributed by atoms with Gasteiger partial charge < -0.3 is 10.1 Å². The summed E-state index contributed by atoms with van der Waals surface area (Å²) in [5.74, 6) is 0. The second-order valence-electron chi connectivity index (χ2n) is 6.40. The van der Waals surface area contributed by atoms with Crippen LogP contribution in [0.15, 0.2) is 12.3 Å². The molecule has 0 bridgehead atoms. The van der Waals surface area contributed by atoms with E-state index in [1.807, 2.05) is 4.68 Å². The Morgan fingerprint density at radius 3 is 2.60 bits per heavy atom. The minimum absolute atomic E-state index is 0.105. The Morgan fingerprint density at radius 2 is 2.10 bits per heavy atom. The second kappa shape index (κ2) is 7.79. The van der Waals surface area contributed by atoms with Crippen molar-refractivity contribution in [1.29, 1.82) is 0 Å². The number of ether oxygens (including phenoxy) is 1. The van der Waals surface area contributed by atoms with Gasteiger partial charge in [0.15, 0.2) is 0 Å². The highest BCUT2D eigenvalue weighted by molar-refractivity contribution is 5.03. The van der Waals surface area contributed by atoms with Gasteiger partial charge in [-0.25, -0.2) is 0 Å². The predicted octanol–water partition coefficient (Wildman–Crippen LogP) is 3.19. The molecule has 1 heterocycles. The molecule has 4 nitrogen and oxygen atoms in total. The maximum atomic E-state index is 5.56. The van der Waals surface area contributed by atoms with Crippen LogP contribution in [0.4, 0.5) is 0 Å². The van der Waals surface area contributed by atoms with E-state index < -0.39 is 0 Å². The lowest BCUT2D eigenvalue weighted by Gasteiger charge is -2.29. The largest absolute Gasteiger partial charge is 0.379 e. The zero-order valence-corrected chi connectivity index (χ0v) is 13.9. The monoisotopic (exact) mass is 281 g/mol. The summed E-state index contributed by atoms with van der Waals surface area (Å²) in [6.45, 7) is 11.8. The Kier molecular flexibility index (Phi) is 6.69. The smallest absolute Gasteiger partial charge is 0.0640 e. The summed E-state index contributed by atoms with van der Waals surface area (Å²) in [6, 6.07) is 2.95. The summed E-state index contributed by atoms with van der Waals surface area (Å²) in [7, 11) is 1.78. The van der Waals surface area contributed by atoms with Crippen LogP contribution in [0.3, 0.4) is 0 Å².